The number of fused-ring (bicyclic) bond motifs is 1. The van der Waals surface area contributed by atoms with Gasteiger partial charge in [0.05, 0.1) is 6.20 Å². The maximum atomic E-state index is 4.61. The van der Waals surface area contributed by atoms with Gasteiger partial charge in [-0.25, -0.2) is 9.50 Å². The summed E-state index contributed by atoms with van der Waals surface area (Å²) in [5.41, 5.74) is 3.23. The molecular formula is C15H16N4. The fraction of sp³-hybridized carbons (Fsp3) is 0.200. The van der Waals surface area contributed by atoms with Gasteiger partial charge in [-0.1, -0.05) is 30.3 Å². The van der Waals surface area contributed by atoms with Crippen molar-refractivity contribution in [2.75, 3.05) is 7.05 Å². The third kappa shape index (κ3) is 2.48. The molecule has 0 saturated carbocycles. The largest absolute Gasteiger partial charge is 0.313 e. The zero-order valence-electron chi connectivity index (χ0n) is 10.8. The average Bonchev–Trinajstić information content (AvgIpc) is 2.93. The Balaban J connectivity index is 1.86. The first kappa shape index (κ1) is 11.9. The topological polar surface area (TPSA) is 42.2 Å². The number of nitrogens with one attached hydrogen (secondary N) is 1. The number of likely N-dealkylation sites (N-methyl/N-ethyl adjacent to an activating group) is 1. The molecule has 0 aliphatic heterocycles. The Labute approximate surface area is 112 Å². The van der Waals surface area contributed by atoms with Crippen molar-refractivity contribution < 1.29 is 0 Å². The summed E-state index contributed by atoms with van der Waals surface area (Å²) in [5.74, 6) is 0. The average molecular weight is 252 g/mol. The second-order valence-corrected chi connectivity index (χ2v) is 4.51. The van der Waals surface area contributed by atoms with Gasteiger partial charge in [-0.15, -0.1) is 0 Å². The minimum absolute atomic E-state index is 0.277. The first-order valence-electron chi connectivity index (χ1n) is 6.38. The quantitative estimate of drug-likeness (QED) is 0.774. The molecule has 1 aromatic carbocycles. The van der Waals surface area contributed by atoms with Crippen molar-refractivity contribution in [1.29, 1.82) is 0 Å². The summed E-state index contributed by atoms with van der Waals surface area (Å²) >= 11 is 0. The van der Waals surface area contributed by atoms with E-state index in [1.165, 1.54) is 5.56 Å². The first-order chi connectivity index (χ1) is 9.36. The van der Waals surface area contributed by atoms with Crippen LogP contribution in [0.3, 0.4) is 0 Å². The molecule has 1 unspecified atom stereocenters. The minimum atomic E-state index is 0.277. The normalized spacial score (nSPS) is 12.7. The van der Waals surface area contributed by atoms with E-state index in [0.717, 1.165) is 17.8 Å². The third-order valence-electron chi connectivity index (χ3n) is 3.28. The highest BCUT2D eigenvalue weighted by Crippen LogP contribution is 2.17. The predicted octanol–water partition coefficient (Wildman–Crippen LogP) is 2.23. The summed E-state index contributed by atoms with van der Waals surface area (Å²) in [5, 5.41) is 7.50. The molecular weight excluding hydrogens is 236 g/mol. The summed E-state index contributed by atoms with van der Waals surface area (Å²) in [7, 11) is 1.98. The maximum absolute atomic E-state index is 4.61. The van der Waals surface area contributed by atoms with E-state index in [0.29, 0.717) is 0 Å². The molecule has 0 bridgehead atoms. The van der Waals surface area contributed by atoms with Crippen LogP contribution >= 0.6 is 0 Å². The summed E-state index contributed by atoms with van der Waals surface area (Å²) in [4.78, 5) is 4.61. The summed E-state index contributed by atoms with van der Waals surface area (Å²) in [6, 6.07) is 14.6. The Hall–Kier alpha value is -2.20. The van der Waals surface area contributed by atoms with Crippen molar-refractivity contribution in [3.63, 3.8) is 0 Å². The Kier molecular flexibility index (Phi) is 3.25. The summed E-state index contributed by atoms with van der Waals surface area (Å²) in [6.07, 6.45) is 4.58. The lowest BCUT2D eigenvalue weighted by molar-refractivity contribution is 0.584. The van der Waals surface area contributed by atoms with Crippen LogP contribution in [0.4, 0.5) is 0 Å². The molecule has 0 fully saturated rings. The van der Waals surface area contributed by atoms with Crippen molar-refractivity contribution in [3.05, 3.63) is 66.1 Å². The molecule has 0 aliphatic carbocycles. The second kappa shape index (κ2) is 5.20. The van der Waals surface area contributed by atoms with Crippen LogP contribution in [0.5, 0.6) is 0 Å². The maximum Gasteiger partial charge on any atom is 0.155 e. The van der Waals surface area contributed by atoms with Gasteiger partial charge >= 0.3 is 0 Å². The Morgan fingerprint density at radius 3 is 2.79 bits per heavy atom. The monoisotopic (exact) mass is 252 g/mol. The van der Waals surface area contributed by atoms with Crippen molar-refractivity contribution in [2.45, 2.75) is 12.5 Å². The fourth-order valence-corrected chi connectivity index (χ4v) is 2.25. The zero-order chi connectivity index (χ0) is 13.1. The van der Waals surface area contributed by atoms with E-state index in [1.807, 2.05) is 31.4 Å². The van der Waals surface area contributed by atoms with Crippen LogP contribution in [0, 0.1) is 0 Å². The van der Waals surface area contributed by atoms with E-state index in [4.69, 9.17) is 0 Å². The lowest BCUT2D eigenvalue weighted by Gasteiger charge is -2.16. The molecule has 2 aromatic heterocycles. The molecule has 0 saturated heterocycles. The molecule has 0 amide bonds. The third-order valence-corrected chi connectivity index (χ3v) is 3.28. The Morgan fingerprint density at radius 1 is 1.16 bits per heavy atom. The first-order valence-corrected chi connectivity index (χ1v) is 6.38. The molecule has 0 spiro atoms. The molecule has 0 radical (unpaired) electrons. The Morgan fingerprint density at radius 2 is 2.00 bits per heavy atom. The second-order valence-electron chi connectivity index (χ2n) is 4.51. The van der Waals surface area contributed by atoms with Gasteiger partial charge in [0.1, 0.15) is 0 Å². The molecule has 19 heavy (non-hydrogen) atoms. The lowest BCUT2D eigenvalue weighted by Crippen LogP contribution is -2.19. The molecule has 2 heterocycles. The minimum Gasteiger partial charge on any atom is -0.313 e. The van der Waals surface area contributed by atoms with Crippen LogP contribution in [0.1, 0.15) is 17.3 Å². The van der Waals surface area contributed by atoms with Crippen molar-refractivity contribution in [3.8, 4) is 0 Å². The van der Waals surface area contributed by atoms with Gasteiger partial charge in [0.2, 0.25) is 0 Å². The number of rotatable bonds is 4. The zero-order valence-corrected chi connectivity index (χ0v) is 10.8. The van der Waals surface area contributed by atoms with Gasteiger partial charge in [-0.3, -0.25) is 0 Å². The predicted molar refractivity (Wildman–Crippen MR) is 74.9 cm³/mol. The molecule has 0 aliphatic rings. The van der Waals surface area contributed by atoms with Crippen LogP contribution in [-0.2, 0) is 6.42 Å². The molecule has 4 nitrogen and oxygen atoms in total. The number of aromatic nitrogens is 3. The summed E-state index contributed by atoms with van der Waals surface area (Å²) < 4.78 is 1.78. The van der Waals surface area contributed by atoms with Crippen LogP contribution in [0.2, 0.25) is 0 Å². The molecule has 3 aromatic rings. The van der Waals surface area contributed by atoms with Gasteiger partial charge in [0.15, 0.2) is 5.65 Å². The van der Waals surface area contributed by atoms with Crippen LogP contribution in [0.15, 0.2) is 54.9 Å². The van der Waals surface area contributed by atoms with Crippen LogP contribution < -0.4 is 5.32 Å². The highest BCUT2D eigenvalue weighted by atomic mass is 15.2. The highest BCUT2D eigenvalue weighted by molar-refractivity contribution is 5.36. The number of nitrogens with zero attached hydrogens (tertiary/aromatic N) is 3. The van der Waals surface area contributed by atoms with E-state index in [-0.39, 0.29) is 6.04 Å². The smallest absolute Gasteiger partial charge is 0.155 e. The van der Waals surface area contributed by atoms with E-state index in [1.54, 1.807) is 10.7 Å². The Bertz CT molecular complexity index is 660. The van der Waals surface area contributed by atoms with E-state index >= 15 is 0 Å². The van der Waals surface area contributed by atoms with Gasteiger partial charge in [-0.05, 0) is 18.7 Å². The lowest BCUT2D eigenvalue weighted by atomic mass is 10.0. The van der Waals surface area contributed by atoms with E-state index in [2.05, 4.69) is 39.7 Å². The standard InChI is InChI=1S/C15H16N4/c1-16-14(12-5-3-2-4-6-12)11-13-8-10-19-15(18-13)7-9-17-19/h2-10,14,16H,11H2,1H3. The molecule has 1 atom stereocenters. The van der Waals surface area contributed by atoms with Crippen LogP contribution in [0.25, 0.3) is 5.65 Å². The highest BCUT2D eigenvalue weighted by Gasteiger charge is 2.10. The SMILES string of the molecule is CNC(Cc1ccn2nccc2n1)c1ccccc1. The van der Waals surface area contributed by atoms with Gasteiger partial charge < -0.3 is 5.32 Å². The summed E-state index contributed by atoms with van der Waals surface area (Å²) in [6.45, 7) is 0. The van der Waals surface area contributed by atoms with Gasteiger partial charge in [0.25, 0.3) is 0 Å². The molecule has 1 N–H and O–H groups in total. The van der Waals surface area contributed by atoms with Crippen LogP contribution in [-0.4, -0.2) is 21.6 Å². The van der Waals surface area contributed by atoms with Gasteiger partial charge in [0, 0.05) is 30.4 Å². The number of benzene rings is 1. The molecule has 96 valence electrons. The van der Waals surface area contributed by atoms with E-state index in [9.17, 15) is 0 Å². The van der Waals surface area contributed by atoms with Crippen molar-refractivity contribution in [1.82, 2.24) is 19.9 Å². The molecule has 3 rings (SSSR count). The van der Waals surface area contributed by atoms with Crippen molar-refractivity contribution in [2.24, 2.45) is 0 Å². The number of hydrogen-bond acceptors (Lipinski definition) is 3. The van der Waals surface area contributed by atoms with Gasteiger partial charge in [-0.2, -0.15) is 5.10 Å². The molecule has 4 heteroatoms. The van der Waals surface area contributed by atoms with E-state index < -0.39 is 0 Å². The van der Waals surface area contributed by atoms with Crippen molar-refractivity contribution >= 4 is 5.65 Å². The fourth-order valence-electron chi connectivity index (χ4n) is 2.25. The number of hydrogen-bond donors (Lipinski definition) is 1.